The summed E-state index contributed by atoms with van der Waals surface area (Å²) in [5, 5.41) is 0. The van der Waals surface area contributed by atoms with Crippen LogP contribution in [0, 0.1) is 18.8 Å². The summed E-state index contributed by atoms with van der Waals surface area (Å²) in [7, 11) is 4.21. The first kappa shape index (κ1) is 33.0. The van der Waals surface area contributed by atoms with Gasteiger partial charge in [0.1, 0.15) is 5.82 Å². The molecule has 0 N–H and O–H groups in total. The van der Waals surface area contributed by atoms with E-state index in [0.29, 0.717) is 11.8 Å². The number of anilines is 1. The Morgan fingerprint density at radius 3 is 2.24 bits per heavy atom. The second-order valence-electron chi connectivity index (χ2n) is 13.6. The Labute approximate surface area is 304 Å². The molecule has 9 rings (SSSR count). The van der Waals surface area contributed by atoms with E-state index in [2.05, 4.69) is 154 Å². The molecular weight excluding hydrogens is 779 g/mol. The first-order valence-corrected chi connectivity index (χ1v) is 16.9. The summed E-state index contributed by atoms with van der Waals surface area (Å²) >= 11 is 0. The number of dihydropyridines is 1. The first-order chi connectivity index (χ1) is 23.3. The zero-order valence-corrected chi connectivity index (χ0v) is 31.2. The van der Waals surface area contributed by atoms with Crippen LogP contribution in [0.25, 0.3) is 39.5 Å². The van der Waals surface area contributed by atoms with E-state index in [1.165, 1.54) is 50.3 Å². The molecular formula is C43H40IrN5. The number of allylic oxidation sites excluding steroid dienone is 1. The number of imidazole rings is 1. The van der Waals surface area contributed by atoms with Gasteiger partial charge in [0.05, 0.1) is 6.04 Å². The Hall–Kier alpha value is -4.51. The molecule has 246 valence electrons. The third-order valence-electron chi connectivity index (χ3n) is 9.94. The van der Waals surface area contributed by atoms with Crippen LogP contribution in [0.2, 0.25) is 0 Å². The molecule has 4 aliphatic rings. The van der Waals surface area contributed by atoms with E-state index in [-0.39, 0.29) is 32.1 Å². The number of fused-ring (bicyclic) bond motifs is 12. The van der Waals surface area contributed by atoms with Crippen molar-refractivity contribution in [2.24, 2.45) is 12.0 Å². The molecule has 0 radical (unpaired) electrons. The van der Waals surface area contributed by atoms with Crippen molar-refractivity contribution in [3.63, 3.8) is 0 Å². The Morgan fingerprint density at radius 2 is 1.49 bits per heavy atom. The first-order valence-electron chi connectivity index (χ1n) is 16.9. The maximum absolute atomic E-state index is 5.27. The third kappa shape index (κ3) is 5.42. The summed E-state index contributed by atoms with van der Waals surface area (Å²) in [4.78, 5) is 14.5. The summed E-state index contributed by atoms with van der Waals surface area (Å²) in [5.41, 5.74) is 14.8. The molecule has 49 heavy (non-hydrogen) atoms. The molecule has 0 bridgehead atoms. The second kappa shape index (κ2) is 13.1. The predicted octanol–water partition coefficient (Wildman–Crippen LogP) is 9.91. The average Bonchev–Trinajstić information content (AvgIpc) is 3.68. The molecule has 0 fully saturated rings. The van der Waals surface area contributed by atoms with Crippen LogP contribution in [-0.2, 0) is 27.2 Å². The zero-order valence-electron chi connectivity index (χ0n) is 28.8. The van der Waals surface area contributed by atoms with Gasteiger partial charge in [-0.2, -0.15) is 30.9 Å². The Balaban J connectivity index is 0.000000170. The molecule has 5 aromatic rings. The maximum Gasteiger partial charge on any atom is 3.00 e. The fourth-order valence-corrected chi connectivity index (χ4v) is 7.72. The Morgan fingerprint density at radius 1 is 0.796 bits per heavy atom. The minimum atomic E-state index is 0. The van der Waals surface area contributed by atoms with Crippen molar-refractivity contribution in [2.45, 2.75) is 51.5 Å². The van der Waals surface area contributed by atoms with Crippen LogP contribution in [0.15, 0.2) is 102 Å². The molecule has 5 nitrogen and oxygen atoms in total. The second-order valence-corrected chi connectivity index (χ2v) is 13.6. The van der Waals surface area contributed by atoms with Crippen LogP contribution >= 0.6 is 0 Å². The molecule has 6 heteroatoms. The summed E-state index contributed by atoms with van der Waals surface area (Å²) in [6, 6.07) is 34.6. The van der Waals surface area contributed by atoms with Crippen molar-refractivity contribution in [1.29, 1.82) is 0 Å². The fraction of sp³-hybridized carbons (Fsp3) is 0.233. The number of aromatic nitrogens is 2. The number of aliphatic imine (C=N–C) groups is 1. The molecule has 0 amide bonds. The number of hydrogen-bond acceptors (Lipinski definition) is 4. The molecule has 4 aromatic carbocycles. The van der Waals surface area contributed by atoms with Gasteiger partial charge in [0.25, 0.3) is 0 Å². The standard InChI is InChI=1S/C27H28N3.C16H12N2.Ir/c1-16(2)18-12-8-13-19(17(3)4)23(18)27-29-25-22-11-7-6-10-20(22)21-14-9-15-28-24(21)26(25)30(27)5;1-17-10-16-14-8-3-2-6-12(14)13-7-4-5-9-15(13)18(16)11-17;/h6-10,12-17,21,24H,1-5H3;2-8,10-11H,1H3;/q-1;-2;+3. The SMILES string of the molecule is CC(C)c1cccc(C(C)C)c1-c1nc2c(n1C)C1N=CC=CC1c1ccc[c-]c1-2.CN1C=C2c3ccccc3-c3ccc[c-]c3N2[CH-]1.[Ir+3]. The molecule has 0 spiro atoms. The van der Waals surface area contributed by atoms with Gasteiger partial charge in [-0.1, -0.05) is 87.5 Å². The summed E-state index contributed by atoms with van der Waals surface area (Å²) in [5.74, 6) is 2.13. The summed E-state index contributed by atoms with van der Waals surface area (Å²) in [6.45, 7) is 11.2. The van der Waals surface area contributed by atoms with Crippen LogP contribution in [-0.4, -0.2) is 27.7 Å². The minimum Gasteiger partial charge on any atom is -0.510 e. The number of benzene rings is 4. The summed E-state index contributed by atoms with van der Waals surface area (Å²) in [6.07, 6.45) is 8.41. The van der Waals surface area contributed by atoms with E-state index in [4.69, 9.17) is 9.98 Å². The average molecular weight is 819 g/mol. The van der Waals surface area contributed by atoms with Crippen LogP contribution in [0.1, 0.15) is 79.4 Å². The molecule has 1 aromatic heterocycles. The number of rotatable bonds is 3. The van der Waals surface area contributed by atoms with Gasteiger partial charge < -0.3 is 14.4 Å². The van der Waals surface area contributed by atoms with Gasteiger partial charge in [0, 0.05) is 35.9 Å². The number of para-hydroxylation sites is 1. The van der Waals surface area contributed by atoms with Gasteiger partial charge in [-0.15, -0.1) is 41.0 Å². The molecule has 1 aliphatic carbocycles. The van der Waals surface area contributed by atoms with Crippen molar-refractivity contribution in [2.75, 3.05) is 11.9 Å². The maximum atomic E-state index is 5.27. The van der Waals surface area contributed by atoms with Crippen molar-refractivity contribution < 1.29 is 20.1 Å². The minimum absolute atomic E-state index is 0. The molecule has 3 aliphatic heterocycles. The van der Waals surface area contributed by atoms with Gasteiger partial charge in [-0.25, -0.2) is 0 Å². The quantitative estimate of drug-likeness (QED) is 0.170. The largest absolute Gasteiger partial charge is 3.00 e. The number of nitrogens with zero attached hydrogens (tertiary/aromatic N) is 5. The van der Waals surface area contributed by atoms with Crippen molar-refractivity contribution in [3.05, 3.63) is 144 Å². The van der Waals surface area contributed by atoms with Gasteiger partial charge in [0.2, 0.25) is 0 Å². The summed E-state index contributed by atoms with van der Waals surface area (Å²) < 4.78 is 2.29. The third-order valence-corrected chi connectivity index (χ3v) is 9.94. The van der Waals surface area contributed by atoms with E-state index in [0.717, 1.165) is 22.8 Å². The smallest absolute Gasteiger partial charge is 0.510 e. The molecule has 0 saturated carbocycles. The predicted molar refractivity (Wildman–Crippen MR) is 197 cm³/mol. The van der Waals surface area contributed by atoms with Gasteiger partial charge in [-0.3, -0.25) is 9.98 Å². The molecule has 4 heterocycles. The fourth-order valence-electron chi connectivity index (χ4n) is 7.72. The Kier molecular flexibility index (Phi) is 8.81. The van der Waals surface area contributed by atoms with E-state index in [1.807, 2.05) is 24.4 Å². The van der Waals surface area contributed by atoms with Crippen LogP contribution in [0.3, 0.4) is 0 Å². The van der Waals surface area contributed by atoms with Crippen LogP contribution in [0.5, 0.6) is 0 Å². The van der Waals surface area contributed by atoms with Crippen molar-refractivity contribution in [3.8, 4) is 33.8 Å². The molecule has 0 saturated heterocycles. The van der Waals surface area contributed by atoms with Crippen molar-refractivity contribution >= 4 is 17.6 Å². The van der Waals surface area contributed by atoms with Gasteiger partial charge in [0.15, 0.2) is 0 Å². The molecule has 2 atom stereocenters. The van der Waals surface area contributed by atoms with E-state index < -0.39 is 0 Å². The Bertz CT molecular complexity index is 2110. The van der Waals surface area contributed by atoms with Gasteiger partial charge in [-0.05, 0) is 53.8 Å². The van der Waals surface area contributed by atoms with E-state index in [1.54, 1.807) is 0 Å². The van der Waals surface area contributed by atoms with Crippen LogP contribution in [0.4, 0.5) is 5.69 Å². The normalized spacial score (nSPS) is 17.6. The monoisotopic (exact) mass is 819 g/mol. The van der Waals surface area contributed by atoms with Crippen LogP contribution < -0.4 is 4.90 Å². The van der Waals surface area contributed by atoms with Crippen molar-refractivity contribution in [1.82, 2.24) is 14.5 Å². The zero-order chi connectivity index (χ0) is 33.1. The topological polar surface area (TPSA) is 36.7 Å². The van der Waals surface area contributed by atoms with E-state index in [9.17, 15) is 0 Å². The van der Waals surface area contributed by atoms with E-state index >= 15 is 0 Å². The van der Waals surface area contributed by atoms with Gasteiger partial charge >= 0.3 is 20.1 Å². The number of hydrogen-bond donors (Lipinski definition) is 0. The molecule has 2 unspecified atom stereocenters.